The highest BCUT2D eigenvalue weighted by molar-refractivity contribution is 5.68. The average Bonchev–Trinajstić information content (AvgIpc) is 3.06. The van der Waals surface area contributed by atoms with Crippen molar-refractivity contribution in [2.75, 3.05) is 27.2 Å². The summed E-state index contributed by atoms with van der Waals surface area (Å²) in [6, 6.07) is 9.20. The van der Waals surface area contributed by atoms with E-state index in [0.717, 1.165) is 55.2 Å². The van der Waals surface area contributed by atoms with Crippen LogP contribution < -0.4 is 16.8 Å². The lowest BCUT2D eigenvalue weighted by Gasteiger charge is -2.27. The van der Waals surface area contributed by atoms with Gasteiger partial charge in [-0.05, 0) is 82.7 Å². The number of benzene rings is 1. The van der Waals surface area contributed by atoms with Crippen LogP contribution in [0.1, 0.15) is 89.1 Å². The number of likely N-dealkylation sites (N-methyl/N-ethyl adjacent to an activating group) is 1. The number of rotatable bonds is 14. The van der Waals surface area contributed by atoms with E-state index in [0.29, 0.717) is 12.2 Å². The Labute approximate surface area is 272 Å². The number of hydrogen-bond donors (Lipinski definition) is 3. The minimum absolute atomic E-state index is 0.0711. The summed E-state index contributed by atoms with van der Waals surface area (Å²) in [7, 11) is 3.55. The minimum atomic E-state index is -2.80. The highest BCUT2D eigenvalue weighted by Crippen LogP contribution is 2.28. The molecule has 1 fully saturated rings. The van der Waals surface area contributed by atoms with Crippen molar-refractivity contribution in [1.29, 1.82) is 0 Å². The second-order valence-corrected chi connectivity index (χ2v) is 11.3. The van der Waals surface area contributed by atoms with Gasteiger partial charge in [-0.25, -0.2) is 18.7 Å². The summed E-state index contributed by atoms with van der Waals surface area (Å²) in [5.41, 5.74) is 12.7. The molecule has 0 aliphatic heterocycles. The summed E-state index contributed by atoms with van der Waals surface area (Å²) in [5, 5.41) is 3.72. The third-order valence-corrected chi connectivity index (χ3v) is 7.60. The molecule has 0 spiro atoms. The number of aromatic nitrogens is 2. The van der Waals surface area contributed by atoms with Crippen molar-refractivity contribution in [3.05, 3.63) is 103 Å². The Hall–Kier alpha value is -3.36. The van der Waals surface area contributed by atoms with Crippen LogP contribution in [0.5, 0.6) is 0 Å². The standard InChI is InChI=1S/C25H40F2N2.C9H11N3.C2H4.CH5N/c1-20-12-14-24(15-13-20)28-16-7-5-6-8-17-29(4)21(2)18-22-10-9-11-23(19-22)25(3,26)27;1-2-4-8(7-10)9-11-5-3-6-12-9;2*1-2/h9-11,19-20,24,28H,2,5-8,12-18H2,1,3-4H3;2-7H,10H2,1H3;1-2H2;2H2,1H3/b;4-2-,8-7+;;. The van der Waals surface area contributed by atoms with Crippen LogP contribution >= 0.6 is 0 Å². The summed E-state index contributed by atoms with van der Waals surface area (Å²) >= 11 is 0. The highest BCUT2D eigenvalue weighted by Gasteiger charge is 2.24. The second kappa shape index (κ2) is 24.9. The van der Waals surface area contributed by atoms with Crippen LogP contribution in [0.15, 0.2) is 86.5 Å². The molecule has 1 heterocycles. The fraction of sp³-hybridized carbons (Fsp3) is 0.514. The van der Waals surface area contributed by atoms with E-state index in [1.54, 1.807) is 30.6 Å². The highest BCUT2D eigenvalue weighted by atomic mass is 19.3. The number of nitrogens with two attached hydrogens (primary N) is 2. The van der Waals surface area contributed by atoms with Gasteiger partial charge in [0.25, 0.3) is 5.92 Å². The van der Waals surface area contributed by atoms with Gasteiger partial charge in [-0.15, -0.1) is 13.2 Å². The van der Waals surface area contributed by atoms with Crippen LogP contribution in [0, 0.1) is 5.92 Å². The van der Waals surface area contributed by atoms with Gasteiger partial charge in [-0.1, -0.05) is 56.7 Å². The van der Waals surface area contributed by atoms with Gasteiger partial charge in [-0.3, -0.25) is 0 Å². The molecule has 2 aromatic rings. The number of allylic oxidation sites excluding steroid dienone is 4. The summed E-state index contributed by atoms with van der Waals surface area (Å²) in [6.07, 6.45) is 19.5. The normalized spacial score (nSPS) is 16.3. The molecule has 0 bridgehead atoms. The molecular formula is C37H60F2N6. The number of nitrogens with zero attached hydrogens (tertiary/aromatic N) is 3. The van der Waals surface area contributed by atoms with Gasteiger partial charge in [0.1, 0.15) is 0 Å². The monoisotopic (exact) mass is 626 g/mol. The maximum absolute atomic E-state index is 13.5. The SMILES string of the molecule is C/C=C\C(=C/N)c1ncccn1.C=C.C=C(Cc1cccc(C(C)(F)F)c1)N(C)CCCCCCNC1CCC(C)CC1.CN. The molecule has 8 heteroatoms. The van der Waals surface area contributed by atoms with Crippen molar-refractivity contribution in [2.24, 2.45) is 17.4 Å². The molecular weight excluding hydrogens is 566 g/mol. The minimum Gasteiger partial charge on any atom is -0.404 e. The number of nitrogens with one attached hydrogen (secondary N) is 1. The molecule has 5 N–H and O–H groups in total. The lowest BCUT2D eigenvalue weighted by molar-refractivity contribution is 0.0174. The Morgan fingerprint density at radius 3 is 2.24 bits per heavy atom. The van der Waals surface area contributed by atoms with Crippen molar-refractivity contribution < 1.29 is 8.78 Å². The average molecular weight is 627 g/mol. The Morgan fingerprint density at radius 2 is 1.67 bits per heavy atom. The zero-order chi connectivity index (χ0) is 34.1. The molecule has 0 unspecified atom stereocenters. The number of halogens is 2. The van der Waals surface area contributed by atoms with Gasteiger partial charge in [0.15, 0.2) is 5.82 Å². The fourth-order valence-corrected chi connectivity index (χ4v) is 4.91. The zero-order valence-electron chi connectivity index (χ0n) is 28.6. The van der Waals surface area contributed by atoms with Gasteiger partial charge in [0.05, 0.1) is 0 Å². The van der Waals surface area contributed by atoms with E-state index in [-0.39, 0.29) is 5.56 Å². The topological polar surface area (TPSA) is 93.1 Å². The predicted molar refractivity (Wildman–Crippen MR) is 190 cm³/mol. The molecule has 1 aliphatic rings. The summed E-state index contributed by atoms with van der Waals surface area (Å²) in [4.78, 5) is 10.3. The first kappa shape index (κ1) is 41.6. The van der Waals surface area contributed by atoms with Crippen molar-refractivity contribution >= 4 is 5.57 Å². The molecule has 1 aliphatic carbocycles. The van der Waals surface area contributed by atoms with E-state index < -0.39 is 5.92 Å². The summed E-state index contributed by atoms with van der Waals surface area (Å²) in [5.74, 6) is -1.23. The lowest BCUT2D eigenvalue weighted by Crippen LogP contribution is -2.33. The fourth-order valence-electron chi connectivity index (χ4n) is 4.91. The van der Waals surface area contributed by atoms with Crippen LogP contribution in [-0.2, 0) is 12.3 Å². The van der Waals surface area contributed by atoms with Gasteiger partial charge in [-0.2, -0.15) is 0 Å². The Balaban J connectivity index is 0.00000101. The molecule has 252 valence electrons. The molecule has 0 atom stereocenters. The molecule has 0 saturated heterocycles. The third kappa shape index (κ3) is 18.3. The van der Waals surface area contributed by atoms with Crippen LogP contribution in [0.3, 0.4) is 0 Å². The maximum Gasteiger partial charge on any atom is 0.270 e. The van der Waals surface area contributed by atoms with Gasteiger partial charge in [0, 0.05) is 68.4 Å². The van der Waals surface area contributed by atoms with Gasteiger partial charge >= 0.3 is 0 Å². The van der Waals surface area contributed by atoms with E-state index in [4.69, 9.17) is 5.73 Å². The Morgan fingerprint density at radius 1 is 1.04 bits per heavy atom. The van der Waals surface area contributed by atoms with Crippen molar-refractivity contribution in [1.82, 2.24) is 20.2 Å². The molecule has 0 amide bonds. The Bertz CT molecular complexity index is 1090. The maximum atomic E-state index is 13.5. The summed E-state index contributed by atoms with van der Waals surface area (Å²) in [6.45, 7) is 17.5. The van der Waals surface area contributed by atoms with E-state index in [2.05, 4.69) is 52.6 Å². The van der Waals surface area contributed by atoms with E-state index in [9.17, 15) is 8.78 Å². The number of hydrogen-bond acceptors (Lipinski definition) is 6. The molecule has 1 aromatic carbocycles. The van der Waals surface area contributed by atoms with Crippen LogP contribution in [0.25, 0.3) is 5.57 Å². The quantitative estimate of drug-likeness (QED) is 0.111. The molecule has 1 saturated carbocycles. The molecule has 6 nitrogen and oxygen atoms in total. The molecule has 45 heavy (non-hydrogen) atoms. The first-order valence-electron chi connectivity index (χ1n) is 16.1. The predicted octanol–water partition coefficient (Wildman–Crippen LogP) is 8.24. The van der Waals surface area contributed by atoms with E-state index in [1.165, 1.54) is 64.3 Å². The first-order chi connectivity index (χ1) is 21.6. The van der Waals surface area contributed by atoms with Crippen molar-refractivity contribution in [2.45, 2.75) is 90.5 Å². The lowest BCUT2D eigenvalue weighted by atomic mass is 9.87. The van der Waals surface area contributed by atoms with Crippen LogP contribution in [-0.4, -0.2) is 48.1 Å². The molecule has 1 aromatic heterocycles. The van der Waals surface area contributed by atoms with E-state index in [1.807, 2.05) is 32.2 Å². The third-order valence-electron chi connectivity index (χ3n) is 7.60. The van der Waals surface area contributed by atoms with Gasteiger partial charge in [0.2, 0.25) is 0 Å². The van der Waals surface area contributed by atoms with Crippen molar-refractivity contribution in [3.8, 4) is 0 Å². The smallest absolute Gasteiger partial charge is 0.270 e. The van der Waals surface area contributed by atoms with Crippen molar-refractivity contribution in [3.63, 3.8) is 0 Å². The Kier molecular flexibility index (Phi) is 23.0. The molecule has 0 radical (unpaired) electrons. The first-order valence-corrected chi connectivity index (χ1v) is 16.1. The van der Waals surface area contributed by atoms with Gasteiger partial charge < -0.3 is 21.7 Å². The van der Waals surface area contributed by atoms with E-state index >= 15 is 0 Å². The van der Waals surface area contributed by atoms with Crippen LogP contribution in [0.4, 0.5) is 8.78 Å². The largest absolute Gasteiger partial charge is 0.404 e. The van der Waals surface area contributed by atoms with Crippen LogP contribution in [0.2, 0.25) is 0 Å². The number of alkyl halides is 2. The number of unbranched alkanes of at least 4 members (excludes halogenated alkanes) is 3. The summed E-state index contributed by atoms with van der Waals surface area (Å²) < 4.78 is 27.0. The second-order valence-electron chi connectivity index (χ2n) is 11.3. The zero-order valence-corrected chi connectivity index (χ0v) is 28.6. The molecule has 3 rings (SSSR count).